The smallest absolute Gasteiger partial charge is 0.181 e. The number of hydrogen-bond donors (Lipinski definition) is 2. The van der Waals surface area contributed by atoms with E-state index in [4.69, 9.17) is 5.11 Å². The van der Waals surface area contributed by atoms with Crippen molar-refractivity contribution in [2.75, 3.05) is 11.9 Å². The number of aliphatic hydroxyl groups excluding tert-OH is 1. The molecule has 0 atom stereocenters. The Balaban J connectivity index is 1.46. The lowest BCUT2D eigenvalue weighted by atomic mass is 9.84. The molecule has 1 aliphatic carbocycles. The van der Waals surface area contributed by atoms with Crippen LogP contribution in [0.4, 0.5) is 11.5 Å². The molecule has 4 rings (SSSR count). The summed E-state index contributed by atoms with van der Waals surface area (Å²) >= 11 is 3.47. The average molecular weight is 405 g/mol. The highest BCUT2D eigenvalue weighted by Gasteiger charge is 2.22. The number of aromatic nitrogens is 5. The molecule has 1 aliphatic rings. The van der Waals surface area contributed by atoms with Crippen LogP contribution in [0.15, 0.2) is 35.6 Å². The number of imidazole rings is 1. The standard InChI is InChI=1S/C17H21BrN6O/c18-15-10-20-16(17-19-6-7-23(15)17)22-13-9-21-24(11-13)14-3-1-12(2-4-14)5-8-25/h6-7,9-12,14,25H,1-5,8H2,(H,20,22). The van der Waals surface area contributed by atoms with E-state index in [9.17, 15) is 0 Å². The molecule has 7 nitrogen and oxygen atoms in total. The second-order valence-corrected chi connectivity index (χ2v) is 7.38. The van der Waals surface area contributed by atoms with E-state index < -0.39 is 0 Å². The number of halogens is 1. The highest BCUT2D eigenvalue weighted by molar-refractivity contribution is 9.10. The van der Waals surface area contributed by atoms with Gasteiger partial charge >= 0.3 is 0 Å². The van der Waals surface area contributed by atoms with Crippen molar-refractivity contribution in [2.45, 2.75) is 38.1 Å². The fraction of sp³-hybridized carbons (Fsp3) is 0.471. The van der Waals surface area contributed by atoms with Crippen LogP contribution in [0.2, 0.25) is 0 Å². The van der Waals surface area contributed by atoms with Crippen molar-refractivity contribution >= 4 is 33.1 Å². The minimum absolute atomic E-state index is 0.299. The molecule has 2 N–H and O–H groups in total. The summed E-state index contributed by atoms with van der Waals surface area (Å²) in [5.41, 5.74) is 1.68. The number of fused-ring (bicyclic) bond motifs is 1. The Hall–Kier alpha value is -1.93. The molecule has 8 heteroatoms. The quantitative estimate of drug-likeness (QED) is 0.679. The predicted molar refractivity (Wildman–Crippen MR) is 98.9 cm³/mol. The van der Waals surface area contributed by atoms with Crippen molar-refractivity contribution in [1.82, 2.24) is 24.1 Å². The number of nitrogens with zero attached hydrogens (tertiary/aromatic N) is 5. The Bertz CT molecular complexity index is 852. The summed E-state index contributed by atoms with van der Waals surface area (Å²) in [6.07, 6.45) is 14.8. The zero-order valence-electron chi connectivity index (χ0n) is 13.8. The van der Waals surface area contributed by atoms with Gasteiger partial charge in [-0.15, -0.1) is 0 Å². The first-order valence-corrected chi connectivity index (χ1v) is 9.43. The Morgan fingerprint density at radius 2 is 2.04 bits per heavy atom. The Morgan fingerprint density at radius 1 is 1.20 bits per heavy atom. The van der Waals surface area contributed by atoms with Crippen molar-refractivity contribution in [3.05, 3.63) is 35.6 Å². The van der Waals surface area contributed by atoms with E-state index in [0.29, 0.717) is 24.4 Å². The van der Waals surface area contributed by atoms with E-state index in [1.807, 2.05) is 23.0 Å². The minimum Gasteiger partial charge on any atom is -0.396 e. The molecule has 0 spiro atoms. The van der Waals surface area contributed by atoms with Crippen LogP contribution < -0.4 is 5.32 Å². The van der Waals surface area contributed by atoms with Crippen molar-refractivity contribution in [2.24, 2.45) is 5.92 Å². The van der Waals surface area contributed by atoms with Gasteiger partial charge in [0.2, 0.25) is 0 Å². The molecule has 0 saturated heterocycles. The van der Waals surface area contributed by atoms with Gasteiger partial charge in [0.15, 0.2) is 11.5 Å². The van der Waals surface area contributed by atoms with Gasteiger partial charge in [-0.1, -0.05) is 0 Å². The number of hydrogen-bond acceptors (Lipinski definition) is 5. The Kier molecular flexibility index (Phi) is 4.72. The molecule has 0 radical (unpaired) electrons. The largest absolute Gasteiger partial charge is 0.396 e. The topological polar surface area (TPSA) is 80.3 Å². The molecular formula is C17H21BrN6O. The lowest BCUT2D eigenvalue weighted by Gasteiger charge is -2.28. The predicted octanol–water partition coefficient (Wildman–Crippen LogP) is 3.55. The summed E-state index contributed by atoms with van der Waals surface area (Å²) in [5, 5.41) is 16.9. The van der Waals surface area contributed by atoms with Crippen LogP contribution in [-0.2, 0) is 0 Å². The number of anilines is 2. The first-order valence-electron chi connectivity index (χ1n) is 8.64. The Labute approximate surface area is 154 Å². The van der Waals surface area contributed by atoms with Crippen molar-refractivity contribution in [3.8, 4) is 0 Å². The summed E-state index contributed by atoms with van der Waals surface area (Å²) in [6, 6.07) is 0.440. The number of aliphatic hydroxyl groups is 1. The molecule has 1 fully saturated rings. The molecule has 132 valence electrons. The van der Waals surface area contributed by atoms with Gasteiger partial charge in [-0.05, 0) is 54.0 Å². The summed E-state index contributed by atoms with van der Waals surface area (Å²) < 4.78 is 4.85. The highest BCUT2D eigenvalue weighted by Crippen LogP contribution is 2.34. The van der Waals surface area contributed by atoms with Crippen molar-refractivity contribution in [1.29, 1.82) is 0 Å². The van der Waals surface area contributed by atoms with Gasteiger partial charge in [0.25, 0.3) is 0 Å². The van der Waals surface area contributed by atoms with Crippen LogP contribution in [0, 0.1) is 5.92 Å². The van der Waals surface area contributed by atoms with Crippen LogP contribution >= 0.6 is 15.9 Å². The number of rotatable bonds is 5. The van der Waals surface area contributed by atoms with Crippen molar-refractivity contribution < 1.29 is 5.11 Å². The SMILES string of the molecule is OCCC1CCC(n2cc(Nc3ncc(Br)n4ccnc34)cn2)CC1. The third-order valence-corrected chi connectivity index (χ3v) is 5.56. The van der Waals surface area contributed by atoms with Crippen LogP contribution in [0.5, 0.6) is 0 Å². The van der Waals surface area contributed by atoms with E-state index in [2.05, 4.69) is 41.0 Å². The van der Waals surface area contributed by atoms with Gasteiger partial charge in [0.05, 0.1) is 24.1 Å². The van der Waals surface area contributed by atoms with Gasteiger partial charge in [-0.2, -0.15) is 5.10 Å². The average Bonchev–Trinajstić information content (AvgIpc) is 3.28. The maximum Gasteiger partial charge on any atom is 0.181 e. The molecule has 0 aliphatic heterocycles. The first-order chi connectivity index (χ1) is 12.2. The fourth-order valence-electron chi connectivity index (χ4n) is 3.60. The molecule has 1 saturated carbocycles. The fourth-order valence-corrected chi connectivity index (χ4v) is 3.99. The molecule has 3 aromatic heterocycles. The van der Waals surface area contributed by atoms with E-state index in [0.717, 1.165) is 48.0 Å². The molecule has 0 unspecified atom stereocenters. The third kappa shape index (κ3) is 3.41. The van der Waals surface area contributed by atoms with Gasteiger partial charge < -0.3 is 10.4 Å². The van der Waals surface area contributed by atoms with Crippen molar-refractivity contribution in [3.63, 3.8) is 0 Å². The maximum atomic E-state index is 9.08. The number of nitrogens with one attached hydrogen (secondary N) is 1. The summed E-state index contributed by atoms with van der Waals surface area (Å²) in [7, 11) is 0. The molecule has 3 heterocycles. The summed E-state index contributed by atoms with van der Waals surface area (Å²) in [5.74, 6) is 1.37. The minimum atomic E-state index is 0.299. The van der Waals surface area contributed by atoms with Gasteiger partial charge in [-0.3, -0.25) is 9.08 Å². The first kappa shape index (κ1) is 16.5. The van der Waals surface area contributed by atoms with Crippen LogP contribution in [-0.4, -0.2) is 35.9 Å². The molecule has 0 aromatic carbocycles. The van der Waals surface area contributed by atoms with E-state index >= 15 is 0 Å². The zero-order chi connectivity index (χ0) is 17.2. The Morgan fingerprint density at radius 3 is 2.84 bits per heavy atom. The summed E-state index contributed by atoms with van der Waals surface area (Å²) in [6.45, 7) is 0.299. The normalized spacial score (nSPS) is 20.9. The second-order valence-electron chi connectivity index (χ2n) is 6.57. The van der Waals surface area contributed by atoms with E-state index in [1.54, 1.807) is 12.4 Å². The molecule has 0 amide bonds. The summed E-state index contributed by atoms with van der Waals surface area (Å²) in [4.78, 5) is 8.78. The zero-order valence-corrected chi connectivity index (χ0v) is 15.4. The molecule has 3 aromatic rings. The van der Waals surface area contributed by atoms with Crippen LogP contribution in [0.1, 0.15) is 38.1 Å². The van der Waals surface area contributed by atoms with Crippen LogP contribution in [0.25, 0.3) is 5.65 Å². The van der Waals surface area contributed by atoms with E-state index in [-0.39, 0.29) is 0 Å². The van der Waals surface area contributed by atoms with Gasteiger partial charge in [-0.25, -0.2) is 9.97 Å². The third-order valence-electron chi connectivity index (χ3n) is 4.97. The van der Waals surface area contributed by atoms with E-state index in [1.165, 1.54) is 0 Å². The monoisotopic (exact) mass is 404 g/mol. The highest BCUT2D eigenvalue weighted by atomic mass is 79.9. The maximum absolute atomic E-state index is 9.08. The lowest BCUT2D eigenvalue weighted by molar-refractivity contribution is 0.202. The molecule has 25 heavy (non-hydrogen) atoms. The van der Waals surface area contributed by atoms with Gasteiger partial charge in [0, 0.05) is 25.2 Å². The second kappa shape index (κ2) is 7.13. The lowest BCUT2D eigenvalue weighted by Crippen LogP contribution is -2.19. The molecular weight excluding hydrogens is 384 g/mol. The van der Waals surface area contributed by atoms with Gasteiger partial charge in [0.1, 0.15) is 4.60 Å². The molecule has 0 bridgehead atoms. The van der Waals surface area contributed by atoms with Crippen LogP contribution in [0.3, 0.4) is 0 Å².